The first kappa shape index (κ1) is 12.8. The van der Waals surface area contributed by atoms with Gasteiger partial charge in [-0.15, -0.1) is 0 Å². The molecular weight excluding hydrogens is 299 g/mol. The van der Waals surface area contributed by atoms with Gasteiger partial charge < -0.3 is 4.98 Å². The zero-order valence-electron chi connectivity index (χ0n) is 10.0. The summed E-state index contributed by atoms with van der Waals surface area (Å²) in [4.78, 5) is 15.1. The Labute approximate surface area is 123 Å². The first-order valence-corrected chi connectivity index (χ1v) is 6.38. The predicted molar refractivity (Wildman–Crippen MR) is 79.4 cm³/mol. The van der Waals surface area contributed by atoms with E-state index in [2.05, 4.69) is 30.5 Å². The van der Waals surface area contributed by atoms with E-state index < -0.39 is 0 Å². The van der Waals surface area contributed by atoms with E-state index in [0.29, 0.717) is 27.0 Å². The van der Waals surface area contributed by atoms with E-state index in [-0.39, 0.29) is 0 Å². The average molecular weight is 307 g/mol. The number of imidazole rings is 1. The molecule has 20 heavy (non-hydrogen) atoms. The zero-order valence-corrected chi connectivity index (χ0v) is 11.5. The molecule has 3 aromatic rings. The fourth-order valence-electron chi connectivity index (χ4n) is 1.62. The van der Waals surface area contributed by atoms with Crippen LogP contribution >= 0.6 is 23.2 Å². The molecule has 0 amide bonds. The van der Waals surface area contributed by atoms with Crippen molar-refractivity contribution in [2.75, 3.05) is 5.43 Å². The highest BCUT2D eigenvalue weighted by molar-refractivity contribution is 6.36. The molecule has 0 atom stereocenters. The van der Waals surface area contributed by atoms with Crippen LogP contribution in [0, 0.1) is 0 Å². The lowest BCUT2D eigenvalue weighted by Gasteiger charge is -2.00. The van der Waals surface area contributed by atoms with Crippen molar-refractivity contribution in [1.29, 1.82) is 0 Å². The molecule has 0 radical (unpaired) electrons. The second-order valence-corrected chi connectivity index (χ2v) is 4.70. The Morgan fingerprint density at radius 1 is 1.20 bits per heavy atom. The first-order chi connectivity index (χ1) is 9.74. The van der Waals surface area contributed by atoms with Crippen molar-refractivity contribution in [3.05, 3.63) is 46.5 Å². The summed E-state index contributed by atoms with van der Waals surface area (Å²) in [5, 5.41) is 5.20. The van der Waals surface area contributed by atoms with Gasteiger partial charge in [0.25, 0.3) is 0 Å². The number of H-pyrrole nitrogens is 1. The Kier molecular flexibility index (Phi) is 3.49. The zero-order chi connectivity index (χ0) is 13.9. The van der Waals surface area contributed by atoms with Gasteiger partial charge in [0.1, 0.15) is 11.8 Å². The number of hydrazone groups is 1. The highest BCUT2D eigenvalue weighted by atomic mass is 35.5. The molecule has 0 saturated heterocycles. The Balaban J connectivity index is 1.82. The summed E-state index contributed by atoms with van der Waals surface area (Å²) in [6.45, 7) is 0. The third-order valence-corrected chi connectivity index (χ3v) is 3.12. The third-order valence-electron chi connectivity index (χ3n) is 2.56. The molecule has 0 fully saturated rings. The molecule has 0 spiro atoms. The minimum atomic E-state index is 0.525. The molecule has 0 aliphatic carbocycles. The van der Waals surface area contributed by atoms with E-state index in [1.54, 1.807) is 30.7 Å². The van der Waals surface area contributed by atoms with E-state index in [9.17, 15) is 0 Å². The largest absolute Gasteiger partial charge is 0.340 e. The standard InChI is InChI=1S/C12H8Cl2N6/c13-8-2-1-7(9(14)3-8)4-19-20-12-10-11(16-5-15-10)17-6-18-12/h1-6H,(H2,15,16,17,18,20). The summed E-state index contributed by atoms with van der Waals surface area (Å²) in [6, 6.07) is 5.18. The number of hydrogen-bond acceptors (Lipinski definition) is 5. The number of fused-ring (bicyclic) bond motifs is 1. The average Bonchev–Trinajstić information content (AvgIpc) is 2.90. The highest BCUT2D eigenvalue weighted by Gasteiger charge is 2.04. The third kappa shape index (κ3) is 2.56. The summed E-state index contributed by atoms with van der Waals surface area (Å²) in [7, 11) is 0. The number of nitrogens with zero attached hydrogens (tertiary/aromatic N) is 4. The SMILES string of the molecule is Clc1ccc(C=NNc2ncnc3nc[nH]c23)c(Cl)c1. The van der Waals surface area contributed by atoms with Crippen LogP contribution in [-0.2, 0) is 0 Å². The second kappa shape index (κ2) is 5.44. The first-order valence-electron chi connectivity index (χ1n) is 5.62. The minimum absolute atomic E-state index is 0.525. The fourth-order valence-corrected chi connectivity index (χ4v) is 2.08. The van der Waals surface area contributed by atoms with Crippen molar-refractivity contribution < 1.29 is 0 Å². The molecule has 2 heterocycles. The van der Waals surface area contributed by atoms with E-state index in [4.69, 9.17) is 23.2 Å². The summed E-state index contributed by atoms with van der Waals surface area (Å²) < 4.78 is 0. The normalized spacial score (nSPS) is 11.3. The van der Waals surface area contributed by atoms with Crippen molar-refractivity contribution >= 4 is 46.4 Å². The van der Waals surface area contributed by atoms with E-state index in [1.165, 1.54) is 6.33 Å². The van der Waals surface area contributed by atoms with Gasteiger partial charge in [-0.25, -0.2) is 15.0 Å². The van der Waals surface area contributed by atoms with Crippen LogP contribution in [0.2, 0.25) is 10.0 Å². The van der Waals surface area contributed by atoms with Gasteiger partial charge >= 0.3 is 0 Å². The molecular formula is C12H8Cl2N6. The fraction of sp³-hybridized carbons (Fsp3) is 0. The molecule has 0 bridgehead atoms. The molecule has 0 aliphatic heterocycles. The van der Waals surface area contributed by atoms with Crippen molar-refractivity contribution in [3.8, 4) is 0 Å². The van der Waals surface area contributed by atoms with Gasteiger partial charge in [-0.05, 0) is 12.1 Å². The molecule has 100 valence electrons. The Morgan fingerprint density at radius 2 is 2.10 bits per heavy atom. The maximum absolute atomic E-state index is 6.04. The summed E-state index contributed by atoms with van der Waals surface area (Å²) >= 11 is 11.9. The number of halogens is 2. The number of aromatic nitrogens is 4. The molecule has 2 N–H and O–H groups in total. The van der Waals surface area contributed by atoms with E-state index in [1.807, 2.05) is 0 Å². The van der Waals surface area contributed by atoms with Crippen LogP contribution in [0.4, 0.5) is 5.82 Å². The molecule has 2 aromatic heterocycles. The monoisotopic (exact) mass is 306 g/mol. The van der Waals surface area contributed by atoms with Gasteiger partial charge in [-0.3, -0.25) is 5.43 Å². The summed E-state index contributed by atoms with van der Waals surface area (Å²) in [6.07, 6.45) is 4.55. The molecule has 3 rings (SSSR count). The van der Waals surface area contributed by atoms with Crippen LogP contribution in [0.5, 0.6) is 0 Å². The number of nitrogens with one attached hydrogen (secondary N) is 2. The van der Waals surface area contributed by atoms with Crippen LogP contribution < -0.4 is 5.43 Å². The number of anilines is 1. The lowest BCUT2D eigenvalue weighted by molar-refractivity contribution is 1.17. The van der Waals surface area contributed by atoms with Crippen molar-refractivity contribution in [2.24, 2.45) is 5.10 Å². The Morgan fingerprint density at radius 3 is 2.95 bits per heavy atom. The van der Waals surface area contributed by atoms with E-state index >= 15 is 0 Å². The van der Waals surface area contributed by atoms with Crippen LogP contribution in [0.15, 0.2) is 36.0 Å². The molecule has 0 unspecified atom stereocenters. The molecule has 0 saturated carbocycles. The highest BCUT2D eigenvalue weighted by Crippen LogP contribution is 2.19. The maximum atomic E-state index is 6.04. The van der Waals surface area contributed by atoms with Gasteiger partial charge in [0.2, 0.25) is 0 Å². The van der Waals surface area contributed by atoms with E-state index in [0.717, 1.165) is 5.56 Å². The minimum Gasteiger partial charge on any atom is -0.340 e. The van der Waals surface area contributed by atoms with Gasteiger partial charge in [-0.1, -0.05) is 29.3 Å². The summed E-state index contributed by atoms with van der Waals surface area (Å²) in [5.41, 5.74) is 4.83. The molecule has 1 aromatic carbocycles. The lowest BCUT2D eigenvalue weighted by Crippen LogP contribution is -1.96. The second-order valence-electron chi connectivity index (χ2n) is 3.86. The number of hydrogen-bond donors (Lipinski definition) is 2. The van der Waals surface area contributed by atoms with Crippen LogP contribution in [0.1, 0.15) is 5.56 Å². The number of aromatic amines is 1. The van der Waals surface area contributed by atoms with Crippen molar-refractivity contribution in [2.45, 2.75) is 0 Å². The van der Waals surface area contributed by atoms with Crippen LogP contribution in [-0.4, -0.2) is 26.2 Å². The maximum Gasteiger partial charge on any atom is 0.182 e. The van der Waals surface area contributed by atoms with Crippen molar-refractivity contribution in [1.82, 2.24) is 19.9 Å². The van der Waals surface area contributed by atoms with Crippen LogP contribution in [0.3, 0.4) is 0 Å². The van der Waals surface area contributed by atoms with Gasteiger partial charge in [0.05, 0.1) is 17.6 Å². The van der Waals surface area contributed by atoms with Gasteiger partial charge in [0.15, 0.2) is 11.5 Å². The predicted octanol–water partition coefficient (Wildman–Crippen LogP) is 3.11. The van der Waals surface area contributed by atoms with Crippen LogP contribution in [0.25, 0.3) is 11.2 Å². The molecule has 6 nitrogen and oxygen atoms in total. The Bertz CT molecular complexity index is 782. The number of benzene rings is 1. The summed E-state index contributed by atoms with van der Waals surface area (Å²) in [5.74, 6) is 0.536. The smallest absolute Gasteiger partial charge is 0.182 e. The lowest BCUT2D eigenvalue weighted by atomic mass is 10.2. The Hall–Kier alpha value is -2.18. The number of rotatable bonds is 3. The van der Waals surface area contributed by atoms with Gasteiger partial charge in [0, 0.05) is 10.6 Å². The van der Waals surface area contributed by atoms with Crippen molar-refractivity contribution in [3.63, 3.8) is 0 Å². The quantitative estimate of drug-likeness (QED) is 0.575. The molecule has 0 aliphatic rings. The topological polar surface area (TPSA) is 78.8 Å². The molecule has 8 heteroatoms. The van der Waals surface area contributed by atoms with Gasteiger partial charge in [-0.2, -0.15) is 5.10 Å².